The molecule has 2 aromatic rings. The van der Waals surface area contributed by atoms with Gasteiger partial charge in [0.25, 0.3) is 0 Å². The summed E-state index contributed by atoms with van der Waals surface area (Å²) in [4.78, 5) is 27.6. The molecule has 0 aliphatic carbocycles. The van der Waals surface area contributed by atoms with E-state index in [1.165, 1.54) is 0 Å². The van der Waals surface area contributed by atoms with Gasteiger partial charge in [0.2, 0.25) is 11.9 Å². The number of carbonyl (C=O) groups is 1. The lowest BCUT2D eigenvalue weighted by Gasteiger charge is -2.31. The first kappa shape index (κ1) is 20.0. The van der Waals surface area contributed by atoms with Crippen LogP contribution in [-0.2, 0) is 4.79 Å². The van der Waals surface area contributed by atoms with Gasteiger partial charge < -0.3 is 20.4 Å². The zero-order valence-electron chi connectivity index (χ0n) is 17.1. The van der Waals surface area contributed by atoms with Gasteiger partial charge >= 0.3 is 0 Å². The Labute approximate surface area is 166 Å². The molecule has 0 saturated carbocycles. The number of aryl methyl sites for hydroxylation is 1. The Balaban J connectivity index is 1.55. The largest absolute Gasteiger partial charge is 0.363 e. The minimum absolute atomic E-state index is 0.0166. The number of hydrogen-bond donors (Lipinski definition) is 2. The quantitative estimate of drug-likeness (QED) is 0.787. The molecule has 1 fully saturated rings. The van der Waals surface area contributed by atoms with E-state index in [1.807, 2.05) is 56.3 Å². The van der Waals surface area contributed by atoms with Gasteiger partial charge in [0, 0.05) is 63.4 Å². The normalized spacial score (nSPS) is 15.3. The maximum Gasteiger partial charge on any atom is 0.238 e. The molecule has 150 valence electrons. The summed E-state index contributed by atoms with van der Waals surface area (Å²) < 4.78 is 0. The summed E-state index contributed by atoms with van der Waals surface area (Å²) in [6.45, 7) is 6.24. The minimum atomic E-state index is 0.0166. The SMILES string of the molecule is Cc1cc(N(C)C)nc(Nc2ccc(NC(=O)CN3CCN(C)CC3)cc2)n1. The van der Waals surface area contributed by atoms with Crippen molar-refractivity contribution >= 4 is 29.0 Å². The Kier molecular flexibility index (Phi) is 6.43. The maximum absolute atomic E-state index is 12.3. The van der Waals surface area contributed by atoms with Crippen LogP contribution in [0.3, 0.4) is 0 Å². The molecule has 0 unspecified atom stereocenters. The first-order chi connectivity index (χ1) is 13.4. The summed E-state index contributed by atoms with van der Waals surface area (Å²) in [7, 11) is 6.01. The van der Waals surface area contributed by atoms with Crippen LogP contribution >= 0.6 is 0 Å². The monoisotopic (exact) mass is 383 g/mol. The molecular weight excluding hydrogens is 354 g/mol. The zero-order valence-corrected chi connectivity index (χ0v) is 17.1. The van der Waals surface area contributed by atoms with E-state index in [4.69, 9.17) is 0 Å². The van der Waals surface area contributed by atoms with Crippen LogP contribution in [0.4, 0.5) is 23.1 Å². The fourth-order valence-corrected chi connectivity index (χ4v) is 3.01. The summed E-state index contributed by atoms with van der Waals surface area (Å²) in [5.41, 5.74) is 2.55. The second-order valence-corrected chi connectivity index (χ2v) is 7.42. The van der Waals surface area contributed by atoms with E-state index in [-0.39, 0.29) is 5.91 Å². The molecule has 8 nitrogen and oxygen atoms in total. The molecule has 3 rings (SSSR count). The average molecular weight is 384 g/mol. The molecule has 0 atom stereocenters. The molecule has 1 aromatic carbocycles. The van der Waals surface area contributed by atoms with Crippen LogP contribution in [0.15, 0.2) is 30.3 Å². The number of aromatic nitrogens is 2. The van der Waals surface area contributed by atoms with Crippen LogP contribution in [0.1, 0.15) is 5.69 Å². The molecule has 1 saturated heterocycles. The molecule has 28 heavy (non-hydrogen) atoms. The van der Waals surface area contributed by atoms with E-state index < -0.39 is 0 Å². The Hall–Kier alpha value is -2.71. The van der Waals surface area contributed by atoms with Crippen molar-refractivity contribution in [1.82, 2.24) is 19.8 Å². The summed E-state index contributed by atoms with van der Waals surface area (Å²) >= 11 is 0. The maximum atomic E-state index is 12.3. The van der Waals surface area contributed by atoms with Crippen LogP contribution in [0.2, 0.25) is 0 Å². The number of nitrogens with one attached hydrogen (secondary N) is 2. The highest BCUT2D eigenvalue weighted by Crippen LogP contribution is 2.19. The van der Waals surface area contributed by atoms with Crippen LogP contribution in [-0.4, -0.2) is 79.5 Å². The van der Waals surface area contributed by atoms with E-state index in [2.05, 4.69) is 37.4 Å². The smallest absolute Gasteiger partial charge is 0.238 e. The summed E-state index contributed by atoms with van der Waals surface area (Å²) in [6, 6.07) is 9.52. The number of anilines is 4. The van der Waals surface area contributed by atoms with Gasteiger partial charge in [0.05, 0.1) is 6.54 Å². The number of benzene rings is 1. The summed E-state index contributed by atoms with van der Waals surface area (Å²) in [5.74, 6) is 1.42. The fraction of sp³-hybridized carbons (Fsp3) is 0.450. The van der Waals surface area contributed by atoms with Gasteiger partial charge in [-0.2, -0.15) is 4.98 Å². The number of carbonyl (C=O) groups excluding carboxylic acids is 1. The van der Waals surface area contributed by atoms with Crippen molar-refractivity contribution in [3.8, 4) is 0 Å². The number of hydrogen-bond acceptors (Lipinski definition) is 7. The number of amides is 1. The molecule has 1 aromatic heterocycles. The lowest BCUT2D eigenvalue weighted by molar-refractivity contribution is -0.117. The number of piperazine rings is 1. The molecule has 2 heterocycles. The standard InChI is InChI=1S/C20H29N7O/c1-15-13-18(25(2)3)24-20(21-15)23-17-7-5-16(6-8-17)22-19(28)14-27-11-9-26(4)10-12-27/h5-8,13H,9-12,14H2,1-4H3,(H,22,28)(H,21,23,24). The lowest BCUT2D eigenvalue weighted by atomic mass is 10.2. The van der Waals surface area contributed by atoms with Gasteiger partial charge in [-0.3, -0.25) is 9.69 Å². The number of likely N-dealkylation sites (N-methyl/N-ethyl adjacent to an activating group) is 1. The van der Waals surface area contributed by atoms with E-state index in [1.54, 1.807) is 0 Å². The van der Waals surface area contributed by atoms with Crippen LogP contribution < -0.4 is 15.5 Å². The van der Waals surface area contributed by atoms with Crippen molar-refractivity contribution in [1.29, 1.82) is 0 Å². The van der Waals surface area contributed by atoms with Crippen molar-refractivity contribution in [2.24, 2.45) is 0 Å². The number of nitrogens with zero attached hydrogens (tertiary/aromatic N) is 5. The topological polar surface area (TPSA) is 76.6 Å². The zero-order chi connectivity index (χ0) is 20.1. The molecule has 0 radical (unpaired) electrons. The summed E-state index contributed by atoms with van der Waals surface area (Å²) in [5, 5.41) is 6.18. The highest BCUT2D eigenvalue weighted by atomic mass is 16.2. The fourth-order valence-electron chi connectivity index (χ4n) is 3.01. The second-order valence-electron chi connectivity index (χ2n) is 7.42. The van der Waals surface area contributed by atoms with Gasteiger partial charge in [-0.1, -0.05) is 0 Å². The van der Waals surface area contributed by atoms with Crippen molar-refractivity contribution in [3.05, 3.63) is 36.0 Å². The van der Waals surface area contributed by atoms with Crippen molar-refractivity contribution in [2.45, 2.75) is 6.92 Å². The minimum Gasteiger partial charge on any atom is -0.363 e. The van der Waals surface area contributed by atoms with E-state index in [0.29, 0.717) is 12.5 Å². The first-order valence-corrected chi connectivity index (χ1v) is 9.50. The van der Waals surface area contributed by atoms with E-state index >= 15 is 0 Å². The Morgan fingerprint density at radius 3 is 2.36 bits per heavy atom. The molecule has 1 aliphatic heterocycles. The third kappa shape index (κ3) is 5.64. The predicted molar refractivity (Wildman–Crippen MR) is 113 cm³/mol. The van der Waals surface area contributed by atoms with Gasteiger partial charge in [0.15, 0.2) is 0 Å². The molecule has 1 aliphatic rings. The predicted octanol–water partition coefficient (Wildman–Crippen LogP) is 1.78. The van der Waals surface area contributed by atoms with Crippen LogP contribution in [0, 0.1) is 6.92 Å². The van der Waals surface area contributed by atoms with Gasteiger partial charge in [-0.15, -0.1) is 0 Å². The van der Waals surface area contributed by atoms with Crippen LogP contribution in [0.5, 0.6) is 0 Å². The Morgan fingerprint density at radius 1 is 1.07 bits per heavy atom. The third-order valence-corrected chi connectivity index (χ3v) is 4.69. The Bertz CT molecular complexity index is 799. The average Bonchev–Trinajstić information content (AvgIpc) is 2.65. The van der Waals surface area contributed by atoms with Crippen LogP contribution in [0.25, 0.3) is 0 Å². The summed E-state index contributed by atoms with van der Waals surface area (Å²) in [6.07, 6.45) is 0. The molecule has 0 spiro atoms. The second kappa shape index (κ2) is 8.99. The first-order valence-electron chi connectivity index (χ1n) is 9.50. The molecular formula is C20H29N7O. The highest BCUT2D eigenvalue weighted by molar-refractivity contribution is 5.92. The van der Waals surface area contributed by atoms with Gasteiger partial charge in [0.1, 0.15) is 5.82 Å². The molecule has 0 bridgehead atoms. The van der Waals surface area contributed by atoms with E-state index in [9.17, 15) is 4.79 Å². The lowest BCUT2D eigenvalue weighted by Crippen LogP contribution is -2.47. The molecule has 8 heteroatoms. The molecule has 1 amide bonds. The van der Waals surface area contributed by atoms with Gasteiger partial charge in [-0.05, 0) is 38.2 Å². The number of rotatable bonds is 6. The van der Waals surface area contributed by atoms with Crippen molar-refractivity contribution in [3.63, 3.8) is 0 Å². The van der Waals surface area contributed by atoms with E-state index in [0.717, 1.165) is 49.1 Å². The molecule has 2 N–H and O–H groups in total. The van der Waals surface area contributed by atoms with Crippen molar-refractivity contribution < 1.29 is 4.79 Å². The Morgan fingerprint density at radius 2 is 1.71 bits per heavy atom. The van der Waals surface area contributed by atoms with Crippen molar-refractivity contribution in [2.75, 3.05) is 69.4 Å². The van der Waals surface area contributed by atoms with Gasteiger partial charge in [-0.25, -0.2) is 4.98 Å². The third-order valence-electron chi connectivity index (χ3n) is 4.69. The highest BCUT2D eigenvalue weighted by Gasteiger charge is 2.16.